The van der Waals surface area contributed by atoms with Crippen LogP contribution < -0.4 is 11.2 Å². The first-order valence-electron chi connectivity index (χ1n) is 7.27. The highest BCUT2D eigenvalue weighted by atomic mass is 35.5. The molecule has 2 aromatic rings. The van der Waals surface area contributed by atoms with Gasteiger partial charge in [-0.2, -0.15) is 0 Å². The minimum atomic E-state index is -0.0570. The number of aromatic nitrogens is 3. The second kappa shape index (κ2) is 7.70. The highest BCUT2D eigenvalue weighted by Crippen LogP contribution is 2.27. The third kappa shape index (κ3) is 4.39. The zero-order valence-electron chi connectivity index (χ0n) is 13.3. The molecule has 0 aliphatic rings. The van der Waals surface area contributed by atoms with Gasteiger partial charge >= 0.3 is 0 Å². The molecule has 6 nitrogen and oxygen atoms in total. The van der Waals surface area contributed by atoms with E-state index in [4.69, 9.17) is 17.4 Å². The van der Waals surface area contributed by atoms with Gasteiger partial charge in [-0.25, -0.2) is 4.68 Å². The molecule has 2 rings (SSSR count). The topological polar surface area (TPSA) is 85.8 Å². The molecule has 1 aromatic heterocycles. The van der Waals surface area contributed by atoms with Gasteiger partial charge in [-0.05, 0) is 25.0 Å². The van der Waals surface area contributed by atoms with E-state index in [-0.39, 0.29) is 17.7 Å². The van der Waals surface area contributed by atoms with E-state index in [1.54, 1.807) is 6.07 Å². The Kier molecular flexibility index (Phi) is 5.90. The zero-order chi connectivity index (χ0) is 17.0. The number of thioether (sulfide) groups is 1. The van der Waals surface area contributed by atoms with Crippen molar-refractivity contribution in [3.63, 3.8) is 0 Å². The van der Waals surface area contributed by atoms with Crippen molar-refractivity contribution in [3.8, 4) is 11.4 Å². The van der Waals surface area contributed by atoms with Crippen LogP contribution in [-0.2, 0) is 4.79 Å². The van der Waals surface area contributed by atoms with E-state index in [1.807, 2.05) is 25.1 Å². The van der Waals surface area contributed by atoms with Crippen LogP contribution >= 0.6 is 23.4 Å². The predicted octanol–water partition coefficient (Wildman–Crippen LogP) is 2.57. The van der Waals surface area contributed by atoms with Crippen LogP contribution in [0.15, 0.2) is 29.4 Å². The maximum absolute atomic E-state index is 11.9. The van der Waals surface area contributed by atoms with Crippen molar-refractivity contribution < 1.29 is 4.79 Å². The number of nitrogens with zero attached hydrogens (tertiary/aromatic N) is 3. The molecule has 0 saturated heterocycles. The summed E-state index contributed by atoms with van der Waals surface area (Å²) in [6.07, 6.45) is 0. The molecule has 1 atom stereocenters. The maximum Gasteiger partial charge on any atom is 0.230 e. The number of hydrogen-bond acceptors (Lipinski definition) is 5. The van der Waals surface area contributed by atoms with Crippen molar-refractivity contribution in [3.05, 3.63) is 29.3 Å². The highest BCUT2D eigenvalue weighted by molar-refractivity contribution is 7.99. The van der Waals surface area contributed by atoms with E-state index in [9.17, 15) is 4.79 Å². The minimum Gasteiger partial charge on any atom is -0.353 e. The average Bonchev–Trinajstić information content (AvgIpc) is 2.86. The summed E-state index contributed by atoms with van der Waals surface area (Å²) in [5, 5.41) is 12.0. The van der Waals surface area contributed by atoms with Crippen LogP contribution in [-0.4, -0.2) is 32.6 Å². The molecular weight excluding hydrogens is 334 g/mol. The quantitative estimate of drug-likeness (QED) is 0.615. The number of hydrogen-bond donors (Lipinski definition) is 2. The summed E-state index contributed by atoms with van der Waals surface area (Å²) in [6.45, 7) is 6.10. The molecule has 0 radical (unpaired) electrons. The van der Waals surface area contributed by atoms with Crippen molar-refractivity contribution in [2.75, 3.05) is 11.6 Å². The van der Waals surface area contributed by atoms with Crippen molar-refractivity contribution in [1.29, 1.82) is 0 Å². The Morgan fingerprint density at radius 2 is 2.04 bits per heavy atom. The average molecular weight is 354 g/mol. The number of benzene rings is 1. The molecule has 0 fully saturated rings. The van der Waals surface area contributed by atoms with Gasteiger partial charge in [0.05, 0.1) is 10.8 Å². The van der Waals surface area contributed by atoms with E-state index < -0.39 is 0 Å². The van der Waals surface area contributed by atoms with E-state index in [2.05, 4.69) is 29.4 Å². The second-order valence-corrected chi connectivity index (χ2v) is 6.89. The molecule has 0 aliphatic carbocycles. The fourth-order valence-electron chi connectivity index (χ4n) is 1.79. The number of carbonyl (C=O) groups is 1. The molecule has 1 amide bonds. The summed E-state index contributed by atoms with van der Waals surface area (Å²) in [4.78, 5) is 11.9. The highest BCUT2D eigenvalue weighted by Gasteiger charge is 2.16. The largest absolute Gasteiger partial charge is 0.353 e. The van der Waals surface area contributed by atoms with E-state index in [0.717, 1.165) is 0 Å². The molecule has 23 heavy (non-hydrogen) atoms. The summed E-state index contributed by atoms with van der Waals surface area (Å²) in [5.74, 6) is 7.04. The predicted molar refractivity (Wildman–Crippen MR) is 93.8 cm³/mol. The molecule has 124 valence electrons. The first-order chi connectivity index (χ1) is 10.9. The van der Waals surface area contributed by atoms with Gasteiger partial charge in [-0.1, -0.05) is 49.3 Å². The number of nitrogens with two attached hydrogens (primary N) is 1. The van der Waals surface area contributed by atoms with Crippen molar-refractivity contribution in [2.45, 2.75) is 32.0 Å². The Labute approximate surface area is 144 Å². The zero-order valence-corrected chi connectivity index (χ0v) is 14.9. The number of nitrogens with one attached hydrogen (secondary N) is 1. The SMILES string of the molecule is CC(C)[C@H](C)NC(=O)CSc1nnc(-c2ccccc2Cl)n1N. The van der Waals surface area contributed by atoms with Crippen molar-refractivity contribution >= 4 is 29.3 Å². The van der Waals surface area contributed by atoms with E-state index in [0.29, 0.717) is 27.5 Å². The van der Waals surface area contributed by atoms with Crippen molar-refractivity contribution in [1.82, 2.24) is 20.2 Å². The normalized spacial score (nSPS) is 12.4. The van der Waals surface area contributed by atoms with Gasteiger partial charge < -0.3 is 11.2 Å². The fraction of sp³-hybridized carbons (Fsp3) is 0.400. The van der Waals surface area contributed by atoms with Gasteiger partial charge in [0.2, 0.25) is 11.1 Å². The van der Waals surface area contributed by atoms with Gasteiger partial charge in [0, 0.05) is 11.6 Å². The van der Waals surface area contributed by atoms with Crippen LogP contribution in [0.2, 0.25) is 5.02 Å². The van der Waals surface area contributed by atoms with Crippen LogP contribution in [0, 0.1) is 5.92 Å². The molecule has 0 bridgehead atoms. The maximum atomic E-state index is 11.9. The Balaban J connectivity index is 2.03. The smallest absolute Gasteiger partial charge is 0.230 e. The van der Waals surface area contributed by atoms with Crippen LogP contribution in [0.25, 0.3) is 11.4 Å². The summed E-state index contributed by atoms with van der Waals surface area (Å²) in [6, 6.07) is 7.39. The third-order valence-electron chi connectivity index (χ3n) is 3.50. The lowest BCUT2D eigenvalue weighted by molar-refractivity contribution is -0.119. The summed E-state index contributed by atoms with van der Waals surface area (Å²) < 4.78 is 1.35. The van der Waals surface area contributed by atoms with Gasteiger partial charge in [0.1, 0.15) is 0 Å². The number of rotatable bonds is 6. The first kappa shape index (κ1) is 17.6. The third-order valence-corrected chi connectivity index (χ3v) is 4.77. The molecule has 8 heteroatoms. The van der Waals surface area contributed by atoms with Crippen LogP contribution in [0.3, 0.4) is 0 Å². The number of halogens is 1. The molecule has 1 aromatic carbocycles. The molecule has 0 spiro atoms. The monoisotopic (exact) mass is 353 g/mol. The van der Waals surface area contributed by atoms with Crippen LogP contribution in [0.5, 0.6) is 0 Å². The molecule has 0 unspecified atom stereocenters. The molecule has 0 aliphatic heterocycles. The van der Waals surface area contributed by atoms with E-state index >= 15 is 0 Å². The lowest BCUT2D eigenvalue weighted by atomic mass is 10.1. The van der Waals surface area contributed by atoms with Gasteiger partial charge in [-0.3, -0.25) is 4.79 Å². The molecule has 3 N–H and O–H groups in total. The standard InChI is InChI=1S/C15H20ClN5OS/c1-9(2)10(3)18-13(22)8-23-15-20-19-14(21(15)17)11-6-4-5-7-12(11)16/h4-7,9-10H,8,17H2,1-3H3,(H,18,22)/t10-/m0/s1. The first-order valence-corrected chi connectivity index (χ1v) is 8.64. The Morgan fingerprint density at radius 3 is 2.70 bits per heavy atom. The molecule has 0 saturated carbocycles. The van der Waals surface area contributed by atoms with Crippen LogP contribution in [0.4, 0.5) is 0 Å². The Bertz CT molecular complexity index is 688. The van der Waals surface area contributed by atoms with Crippen molar-refractivity contribution in [2.24, 2.45) is 5.92 Å². The van der Waals surface area contributed by atoms with Gasteiger partial charge in [-0.15, -0.1) is 10.2 Å². The lowest BCUT2D eigenvalue weighted by Gasteiger charge is -2.17. The van der Waals surface area contributed by atoms with E-state index in [1.165, 1.54) is 16.4 Å². The lowest BCUT2D eigenvalue weighted by Crippen LogP contribution is -2.37. The van der Waals surface area contributed by atoms with Crippen LogP contribution in [0.1, 0.15) is 20.8 Å². The van der Waals surface area contributed by atoms with Gasteiger partial charge in [0.15, 0.2) is 5.82 Å². The Hall–Kier alpha value is -1.73. The molecule has 1 heterocycles. The summed E-state index contributed by atoms with van der Waals surface area (Å²) >= 11 is 7.39. The summed E-state index contributed by atoms with van der Waals surface area (Å²) in [7, 11) is 0. The number of carbonyl (C=O) groups excluding carboxylic acids is 1. The van der Waals surface area contributed by atoms with Gasteiger partial charge in [0.25, 0.3) is 0 Å². The second-order valence-electron chi connectivity index (χ2n) is 5.54. The molecular formula is C15H20ClN5OS. The summed E-state index contributed by atoms with van der Waals surface area (Å²) in [5.41, 5.74) is 0.703. The fourth-order valence-corrected chi connectivity index (χ4v) is 2.68. The Morgan fingerprint density at radius 1 is 1.35 bits per heavy atom. The minimum absolute atomic E-state index is 0.0570. The number of amides is 1. The number of nitrogen functional groups attached to an aromatic ring is 1.